The van der Waals surface area contributed by atoms with E-state index in [9.17, 15) is 9.59 Å². The molecule has 0 rings (SSSR count). The van der Waals surface area contributed by atoms with E-state index in [1.165, 1.54) is 44.9 Å². The van der Waals surface area contributed by atoms with Gasteiger partial charge in [-0.05, 0) is 32.1 Å². The van der Waals surface area contributed by atoms with Crippen LogP contribution in [-0.2, 0) is 14.3 Å². The van der Waals surface area contributed by atoms with Gasteiger partial charge in [-0.2, -0.15) is 0 Å². The van der Waals surface area contributed by atoms with Gasteiger partial charge in [0.25, 0.3) is 0 Å². The summed E-state index contributed by atoms with van der Waals surface area (Å²) in [5, 5.41) is 8.72. The molecule has 4 nitrogen and oxygen atoms in total. The zero-order valence-electron chi connectivity index (χ0n) is 19.9. The Morgan fingerprint density at radius 3 is 1.57 bits per heavy atom. The summed E-state index contributed by atoms with van der Waals surface area (Å²) in [4.78, 5) is 23.6. The number of carbonyl (C=O) groups is 2. The highest BCUT2D eigenvalue weighted by atomic mass is 16.5. The van der Waals surface area contributed by atoms with Crippen LogP contribution in [0.25, 0.3) is 0 Å². The van der Waals surface area contributed by atoms with Gasteiger partial charge in [-0.1, -0.05) is 90.4 Å². The maximum absolute atomic E-state index is 11.9. The fourth-order valence-corrected chi connectivity index (χ4v) is 3.71. The second-order valence-corrected chi connectivity index (χ2v) is 8.74. The molecule has 0 atom stereocenters. The molecule has 178 valence electrons. The lowest BCUT2D eigenvalue weighted by Crippen LogP contribution is -2.06. The molecule has 0 radical (unpaired) electrons. The van der Waals surface area contributed by atoms with Crippen LogP contribution in [-0.4, -0.2) is 30.1 Å². The minimum absolute atomic E-state index is 0.0814. The van der Waals surface area contributed by atoms with Crippen molar-refractivity contribution in [1.82, 2.24) is 0 Å². The second-order valence-electron chi connectivity index (χ2n) is 8.74. The van der Waals surface area contributed by atoms with Gasteiger partial charge in [0.05, 0.1) is 6.61 Å². The van der Waals surface area contributed by atoms with E-state index in [1.807, 2.05) is 0 Å². The first-order valence-corrected chi connectivity index (χ1v) is 13.0. The van der Waals surface area contributed by atoms with Crippen LogP contribution in [0.5, 0.6) is 0 Å². The van der Waals surface area contributed by atoms with Crippen molar-refractivity contribution >= 4 is 11.8 Å². The summed E-state index contributed by atoms with van der Waals surface area (Å²) in [5.41, 5.74) is 0. The minimum atomic E-state index is -0.0814. The van der Waals surface area contributed by atoms with Crippen LogP contribution in [0.4, 0.5) is 0 Å². The van der Waals surface area contributed by atoms with Gasteiger partial charge >= 0.3 is 5.97 Å². The number of hydrogen-bond acceptors (Lipinski definition) is 4. The average molecular weight is 427 g/mol. The standard InChI is InChI=1S/C26H50O4/c1-2-3-4-5-6-7-10-13-19-24-30-26(29)22-17-14-16-21-25(28)20-15-11-8-9-12-18-23-27/h27H,2-24H2,1H3. The summed E-state index contributed by atoms with van der Waals surface area (Å²) < 4.78 is 5.31. The number of ether oxygens (including phenoxy) is 1. The number of esters is 1. The average Bonchev–Trinajstić information content (AvgIpc) is 2.74. The molecule has 1 N–H and O–H groups in total. The highest BCUT2D eigenvalue weighted by Crippen LogP contribution is 2.12. The largest absolute Gasteiger partial charge is 0.466 e. The number of aliphatic hydroxyl groups excluding tert-OH is 1. The first-order valence-electron chi connectivity index (χ1n) is 13.0. The zero-order valence-corrected chi connectivity index (χ0v) is 19.9. The summed E-state index contributed by atoms with van der Waals surface area (Å²) in [6.07, 6.45) is 22.3. The van der Waals surface area contributed by atoms with Gasteiger partial charge in [-0.3, -0.25) is 9.59 Å². The third kappa shape index (κ3) is 23.4. The lowest BCUT2D eigenvalue weighted by atomic mass is 10.0. The van der Waals surface area contributed by atoms with Crippen LogP contribution in [0.3, 0.4) is 0 Å². The zero-order chi connectivity index (χ0) is 22.1. The molecule has 0 bridgehead atoms. The van der Waals surface area contributed by atoms with E-state index in [-0.39, 0.29) is 12.6 Å². The molecule has 0 aliphatic rings. The van der Waals surface area contributed by atoms with Crippen molar-refractivity contribution < 1.29 is 19.4 Å². The van der Waals surface area contributed by atoms with Gasteiger partial charge in [0.1, 0.15) is 5.78 Å². The van der Waals surface area contributed by atoms with Gasteiger partial charge in [0.2, 0.25) is 0 Å². The van der Waals surface area contributed by atoms with Crippen LogP contribution < -0.4 is 0 Å². The molecule has 0 aromatic rings. The number of unbranched alkanes of at least 4 members (excludes halogenated alkanes) is 15. The van der Waals surface area contributed by atoms with E-state index < -0.39 is 0 Å². The fraction of sp³-hybridized carbons (Fsp3) is 0.923. The molecular formula is C26H50O4. The molecule has 0 amide bonds. The molecule has 0 aliphatic heterocycles. The van der Waals surface area contributed by atoms with Crippen LogP contribution in [0.1, 0.15) is 142 Å². The third-order valence-electron chi connectivity index (χ3n) is 5.71. The molecule has 0 spiro atoms. The molecule has 0 aromatic carbocycles. The third-order valence-corrected chi connectivity index (χ3v) is 5.71. The van der Waals surface area contributed by atoms with Gasteiger partial charge in [-0.15, -0.1) is 0 Å². The molecule has 4 heteroatoms. The molecule has 30 heavy (non-hydrogen) atoms. The molecule has 0 unspecified atom stereocenters. The summed E-state index contributed by atoms with van der Waals surface area (Å²) >= 11 is 0. The summed E-state index contributed by atoms with van der Waals surface area (Å²) in [6, 6.07) is 0. The van der Waals surface area contributed by atoms with Gasteiger partial charge in [0.15, 0.2) is 0 Å². The van der Waals surface area contributed by atoms with Crippen molar-refractivity contribution in [2.24, 2.45) is 0 Å². The van der Waals surface area contributed by atoms with E-state index in [2.05, 4.69) is 6.92 Å². The first kappa shape index (κ1) is 29.1. The van der Waals surface area contributed by atoms with Gasteiger partial charge in [-0.25, -0.2) is 0 Å². The van der Waals surface area contributed by atoms with E-state index in [1.54, 1.807) is 0 Å². The highest BCUT2D eigenvalue weighted by molar-refractivity contribution is 5.78. The summed E-state index contributed by atoms with van der Waals surface area (Å²) in [5.74, 6) is 0.278. The summed E-state index contributed by atoms with van der Waals surface area (Å²) in [6.45, 7) is 3.10. The van der Waals surface area contributed by atoms with Crippen LogP contribution >= 0.6 is 0 Å². The Labute approximate surface area is 186 Å². The number of aliphatic hydroxyl groups is 1. The molecule has 0 aliphatic carbocycles. The van der Waals surface area contributed by atoms with E-state index >= 15 is 0 Å². The molecule has 0 saturated carbocycles. The lowest BCUT2D eigenvalue weighted by molar-refractivity contribution is -0.143. The SMILES string of the molecule is CCCCCCCCCCCOC(=O)CCCCCC(=O)CCCCCCCCO. The van der Waals surface area contributed by atoms with Crippen LogP contribution in [0.15, 0.2) is 0 Å². The molecule has 0 fully saturated rings. The maximum Gasteiger partial charge on any atom is 0.305 e. The number of carbonyl (C=O) groups excluding carboxylic acids is 2. The van der Waals surface area contributed by atoms with Gasteiger partial charge < -0.3 is 9.84 Å². The topological polar surface area (TPSA) is 63.6 Å². The Hall–Kier alpha value is -0.900. The quantitative estimate of drug-likeness (QED) is 0.130. The van der Waals surface area contributed by atoms with Crippen molar-refractivity contribution in [3.8, 4) is 0 Å². The molecular weight excluding hydrogens is 376 g/mol. The van der Waals surface area contributed by atoms with Crippen molar-refractivity contribution in [2.45, 2.75) is 142 Å². The first-order chi connectivity index (χ1) is 14.7. The highest BCUT2D eigenvalue weighted by Gasteiger charge is 2.05. The van der Waals surface area contributed by atoms with E-state index in [0.717, 1.165) is 70.6 Å². The Kier molecular flexibility index (Phi) is 23.6. The Balaban J connectivity index is 3.28. The maximum atomic E-state index is 11.9. The van der Waals surface area contributed by atoms with E-state index in [0.29, 0.717) is 31.7 Å². The number of rotatable bonds is 24. The van der Waals surface area contributed by atoms with Crippen LogP contribution in [0, 0.1) is 0 Å². The lowest BCUT2D eigenvalue weighted by Gasteiger charge is -2.05. The Bertz CT molecular complexity index is 381. The predicted octanol–water partition coefficient (Wildman–Crippen LogP) is 7.30. The van der Waals surface area contributed by atoms with Crippen molar-refractivity contribution in [1.29, 1.82) is 0 Å². The smallest absolute Gasteiger partial charge is 0.305 e. The molecule has 0 aromatic heterocycles. The Morgan fingerprint density at radius 2 is 1.00 bits per heavy atom. The number of hydrogen-bond donors (Lipinski definition) is 1. The van der Waals surface area contributed by atoms with Crippen molar-refractivity contribution in [2.75, 3.05) is 13.2 Å². The van der Waals surface area contributed by atoms with Crippen LogP contribution in [0.2, 0.25) is 0 Å². The predicted molar refractivity (Wildman–Crippen MR) is 126 cm³/mol. The molecule has 0 saturated heterocycles. The normalized spacial score (nSPS) is 11.0. The fourth-order valence-electron chi connectivity index (χ4n) is 3.71. The number of Topliss-reactive ketones (excluding diaryl/α,β-unsaturated/α-hetero) is 1. The minimum Gasteiger partial charge on any atom is -0.466 e. The van der Waals surface area contributed by atoms with Crippen molar-refractivity contribution in [3.05, 3.63) is 0 Å². The molecule has 0 heterocycles. The van der Waals surface area contributed by atoms with Gasteiger partial charge in [0, 0.05) is 25.9 Å². The number of ketones is 1. The Morgan fingerprint density at radius 1 is 0.567 bits per heavy atom. The van der Waals surface area contributed by atoms with E-state index in [4.69, 9.17) is 9.84 Å². The second kappa shape index (κ2) is 24.4. The van der Waals surface area contributed by atoms with Crippen molar-refractivity contribution in [3.63, 3.8) is 0 Å². The summed E-state index contributed by atoms with van der Waals surface area (Å²) in [7, 11) is 0. The monoisotopic (exact) mass is 426 g/mol.